The lowest BCUT2D eigenvalue weighted by molar-refractivity contribution is -0.00444. The minimum Gasteiger partial charge on any atom is -0.456 e. The van der Waals surface area contributed by atoms with Gasteiger partial charge in [0.2, 0.25) is 0 Å². The molecule has 1 heteroatoms. The zero-order chi connectivity index (χ0) is 23.8. The molecule has 0 aromatic heterocycles. The van der Waals surface area contributed by atoms with Gasteiger partial charge in [-0.3, -0.25) is 0 Å². The average molecular weight is 469 g/mol. The number of hydrogen-bond donors (Lipinski definition) is 0. The summed E-state index contributed by atoms with van der Waals surface area (Å²) < 4.78 is 6.70. The summed E-state index contributed by atoms with van der Waals surface area (Å²) in [7, 11) is 0. The summed E-state index contributed by atoms with van der Waals surface area (Å²) in [6, 6.07) is 25.4. The molecule has 4 aliphatic carbocycles. The molecule has 5 aromatic carbocycles. The van der Waals surface area contributed by atoms with Gasteiger partial charge in [-0.25, -0.2) is 0 Å². The average Bonchev–Trinajstić information content (AvgIpc) is 2.86. The third kappa shape index (κ3) is 2.38. The van der Waals surface area contributed by atoms with Crippen molar-refractivity contribution in [2.24, 2.45) is 17.8 Å². The highest BCUT2D eigenvalue weighted by Gasteiger charge is 2.52. The van der Waals surface area contributed by atoms with Gasteiger partial charge in [0.15, 0.2) is 0 Å². The van der Waals surface area contributed by atoms with Crippen LogP contribution in [0, 0.1) is 17.8 Å². The number of fused-ring (bicyclic) bond motifs is 3. The minimum atomic E-state index is -0.102. The summed E-state index contributed by atoms with van der Waals surface area (Å²) in [6.07, 6.45) is 8.67. The standard InChI is InChI=1S/C35H32O/c1-34(2)27-8-3-4-9-30(27)36-33-26-11-10-23-6-5-7-25-28(15-24(16-29(33)34)32(26)31(23)25)35-17-20-12-21(18-35)14-22(13-20)19-35/h3-11,15-16,20-22H,12-14,17-19H2,1-2H3. The molecule has 4 bridgehead atoms. The van der Waals surface area contributed by atoms with Crippen LogP contribution in [-0.4, -0.2) is 0 Å². The molecule has 4 fully saturated rings. The number of benzene rings is 5. The topological polar surface area (TPSA) is 9.23 Å². The third-order valence-corrected chi connectivity index (χ3v) is 10.8. The van der Waals surface area contributed by atoms with Gasteiger partial charge >= 0.3 is 0 Å². The molecule has 4 saturated carbocycles. The first-order chi connectivity index (χ1) is 17.5. The van der Waals surface area contributed by atoms with Crippen molar-refractivity contribution >= 4 is 32.3 Å². The Morgan fingerprint density at radius 1 is 0.639 bits per heavy atom. The molecule has 1 heterocycles. The molecule has 0 amide bonds. The third-order valence-electron chi connectivity index (χ3n) is 10.8. The van der Waals surface area contributed by atoms with Crippen molar-refractivity contribution in [1.82, 2.24) is 0 Å². The smallest absolute Gasteiger partial charge is 0.139 e. The van der Waals surface area contributed by atoms with Crippen molar-refractivity contribution in [3.05, 3.63) is 83.4 Å². The van der Waals surface area contributed by atoms with E-state index in [2.05, 4.69) is 80.6 Å². The van der Waals surface area contributed by atoms with E-state index in [9.17, 15) is 0 Å². The molecule has 0 unspecified atom stereocenters. The van der Waals surface area contributed by atoms with Gasteiger partial charge in [0.25, 0.3) is 0 Å². The Morgan fingerprint density at radius 3 is 2.11 bits per heavy atom. The number of hydrogen-bond acceptors (Lipinski definition) is 1. The van der Waals surface area contributed by atoms with Gasteiger partial charge in [0.1, 0.15) is 11.5 Å². The van der Waals surface area contributed by atoms with Crippen molar-refractivity contribution in [3.63, 3.8) is 0 Å². The van der Waals surface area contributed by atoms with Crippen LogP contribution < -0.4 is 4.74 Å². The van der Waals surface area contributed by atoms with Crippen molar-refractivity contribution in [2.75, 3.05) is 0 Å². The second-order valence-corrected chi connectivity index (χ2v) is 13.2. The van der Waals surface area contributed by atoms with Gasteiger partial charge in [-0.2, -0.15) is 0 Å². The lowest BCUT2D eigenvalue weighted by atomic mass is 9.47. The largest absolute Gasteiger partial charge is 0.456 e. The first-order valence-electron chi connectivity index (χ1n) is 14.0. The molecular formula is C35H32O. The Balaban J connectivity index is 1.39. The number of rotatable bonds is 1. The summed E-state index contributed by atoms with van der Waals surface area (Å²) in [5.74, 6) is 4.89. The summed E-state index contributed by atoms with van der Waals surface area (Å²) >= 11 is 0. The Hall–Kier alpha value is -3.06. The number of para-hydroxylation sites is 1. The van der Waals surface area contributed by atoms with E-state index in [-0.39, 0.29) is 5.41 Å². The van der Waals surface area contributed by atoms with Crippen LogP contribution in [0.5, 0.6) is 11.5 Å². The van der Waals surface area contributed by atoms with Crippen LogP contribution in [-0.2, 0) is 10.8 Å². The van der Waals surface area contributed by atoms with Gasteiger partial charge in [-0.15, -0.1) is 0 Å². The van der Waals surface area contributed by atoms with Crippen molar-refractivity contribution in [1.29, 1.82) is 0 Å². The maximum Gasteiger partial charge on any atom is 0.139 e. The molecule has 0 spiro atoms. The summed E-state index contributed by atoms with van der Waals surface area (Å²) in [4.78, 5) is 0. The lowest BCUT2D eigenvalue weighted by Crippen LogP contribution is -2.48. The van der Waals surface area contributed by atoms with Crippen molar-refractivity contribution in [2.45, 2.75) is 63.2 Å². The molecule has 10 rings (SSSR count). The van der Waals surface area contributed by atoms with Crippen LogP contribution in [0.2, 0.25) is 0 Å². The fraction of sp³-hybridized carbons (Fsp3) is 0.371. The predicted molar refractivity (Wildman–Crippen MR) is 149 cm³/mol. The molecule has 1 nitrogen and oxygen atoms in total. The molecule has 178 valence electrons. The highest BCUT2D eigenvalue weighted by molar-refractivity contribution is 6.25. The summed E-state index contributed by atoms with van der Waals surface area (Å²) in [6.45, 7) is 4.73. The second-order valence-electron chi connectivity index (χ2n) is 13.2. The monoisotopic (exact) mass is 468 g/mol. The second kappa shape index (κ2) is 6.43. The Bertz CT molecular complexity index is 1690. The normalized spacial score (nSPS) is 29.6. The first kappa shape index (κ1) is 20.0. The Labute approximate surface area is 212 Å². The molecule has 0 N–H and O–H groups in total. The predicted octanol–water partition coefficient (Wildman–Crippen LogP) is 9.48. The van der Waals surface area contributed by atoms with Gasteiger partial charge in [-0.05, 0) is 113 Å². The van der Waals surface area contributed by atoms with Crippen molar-refractivity contribution in [3.8, 4) is 11.5 Å². The molecule has 36 heavy (non-hydrogen) atoms. The van der Waals surface area contributed by atoms with E-state index < -0.39 is 0 Å². The molecule has 5 aromatic rings. The van der Waals surface area contributed by atoms with Gasteiger partial charge in [0.05, 0.1) is 0 Å². The SMILES string of the molecule is CC1(C)c2ccccc2Oc2c1cc1cc(C34CC5CC(CC(C5)C3)C4)c3cccc4ccc2c1c43. The van der Waals surface area contributed by atoms with Crippen LogP contribution in [0.3, 0.4) is 0 Å². The van der Waals surface area contributed by atoms with E-state index in [0.29, 0.717) is 5.41 Å². The first-order valence-corrected chi connectivity index (χ1v) is 14.0. The lowest BCUT2D eigenvalue weighted by Gasteiger charge is -2.57. The van der Waals surface area contributed by atoms with E-state index in [0.717, 1.165) is 29.3 Å². The van der Waals surface area contributed by atoms with E-state index in [1.54, 1.807) is 5.56 Å². The van der Waals surface area contributed by atoms with E-state index in [4.69, 9.17) is 4.74 Å². The Kier molecular flexibility index (Phi) is 3.58. The van der Waals surface area contributed by atoms with E-state index >= 15 is 0 Å². The maximum absolute atomic E-state index is 6.70. The molecule has 5 aliphatic rings. The minimum absolute atomic E-state index is 0.102. The fourth-order valence-electron chi connectivity index (χ4n) is 9.66. The Morgan fingerprint density at radius 2 is 1.33 bits per heavy atom. The fourth-order valence-corrected chi connectivity index (χ4v) is 9.66. The zero-order valence-electron chi connectivity index (χ0n) is 21.2. The molecule has 0 atom stereocenters. The highest BCUT2D eigenvalue weighted by Crippen LogP contribution is 2.62. The van der Waals surface area contributed by atoms with Crippen LogP contribution in [0.25, 0.3) is 32.3 Å². The molecule has 1 aliphatic heterocycles. The van der Waals surface area contributed by atoms with Gasteiger partial charge < -0.3 is 4.74 Å². The van der Waals surface area contributed by atoms with Crippen molar-refractivity contribution < 1.29 is 4.74 Å². The van der Waals surface area contributed by atoms with Crippen LogP contribution in [0.1, 0.15) is 69.1 Å². The summed E-state index contributed by atoms with van der Waals surface area (Å²) in [5, 5.41) is 8.41. The molecule has 0 saturated heterocycles. The van der Waals surface area contributed by atoms with Crippen LogP contribution in [0.4, 0.5) is 0 Å². The number of ether oxygens (including phenoxy) is 1. The van der Waals surface area contributed by atoms with Crippen LogP contribution >= 0.6 is 0 Å². The maximum atomic E-state index is 6.70. The quantitative estimate of drug-likeness (QED) is 0.223. The van der Waals surface area contributed by atoms with E-state index in [1.165, 1.54) is 82.0 Å². The van der Waals surface area contributed by atoms with Gasteiger partial charge in [0, 0.05) is 27.3 Å². The zero-order valence-corrected chi connectivity index (χ0v) is 21.2. The highest BCUT2D eigenvalue weighted by atomic mass is 16.5. The van der Waals surface area contributed by atoms with Crippen LogP contribution in [0.15, 0.2) is 66.7 Å². The molecule has 0 radical (unpaired) electrons. The molecular weight excluding hydrogens is 436 g/mol. The van der Waals surface area contributed by atoms with Gasteiger partial charge in [-0.1, -0.05) is 56.3 Å². The summed E-state index contributed by atoms with van der Waals surface area (Å²) in [5.41, 5.74) is 4.53. The van der Waals surface area contributed by atoms with E-state index in [1.807, 2.05) is 0 Å².